The molecule has 0 saturated heterocycles. The molecular formula is C16H22O2. The van der Waals surface area contributed by atoms with Gasteiger partial charge >= 0.3 is 5.97 Å². The third-order valence-corrected chi connectivity index (χ3v) is 3.15. The molecule has 1 aromatic carbocycles. The highest BCUT2D eigenvalue weighted by atomic mass is 16.5. The van der Waals surface area contributed by atoms with E-state index in [2.05, 4.69) is 38.1 Å². The molecule has 0 unspecified atom stereocenters. The van der Waals surface area contributed by atoms with Gasteiger partial charge in [0.05, 0.1) is 7.11 Å². The summed E-state index contributed by atoms with van der Waals surface area (Å²) in [6, 6.07) is 8.24. The van der Waals surface area contributed by atoms with Gasteiger partial charge in [0.1, 0.15) is 0 Å². The summed E-state index contributed by atoms with van der Waals surface area (Å²) < 4.78 is 4.88. The van der Waals surface area contributed by atoms with E-state index in [1.165, 1.54) is 12.7 Å². The van der Waals surface area contributed by atoms with Gasteiger partial charge in [0.25, 0.3) is 0 Å². The van der Waals surface area contributed by atoms with Crippen LogP contribution in [0.4, 0.5) is 0 Å². The standard InChI is InChI=1S/C16H22O2/c1-5-6-7-15(16(17)18-4)13(3)14-10-8-12(2)9-11-14/h8-11H,5-7H2,1-4H3/b15-13-. The van der Waals surface area contributed by atoms with E-state index in [4.69, 9.17) is 4.74 Å². The third-order valence-electron chi connectivity index (χ3n) is 3.15. The van der Waals surface area contributed by atoms with Gasteiger partial charge in [-0.2, -0.15) is 0 Å². The zero-order valence-corrected chi connectivity index (χ0v) is 11.7. The number of carbonyl (C=O) groups excluding carboxylic acids is 1. The molecule has 0 aliphatic heterocycles. The zero-order chi connectivity index (χ0) is 13.5. The average Bonchev–Trinajstić information content (AvgIpc) is 2.39. The fourth-order valence-corrected chi connectivity index (χ4v) is 1.90. The van der Waals surface area contributed by atoms with Crippen molar-refractivity contribution in [3.05, 3.63) is 41.0 Å². The van der Waals surface area contributed by atoms with Crippen LogP contribution in [0.1, 0.15) is 44.2 Å². The highest BCUT2D eigenvalue weighted by molar-refractivity contribution is 5.97. The van der Waals surface area contributed by atoms with E-state index in [9.17, 15) is 4.79 Å². The van der Waals surface area contributed by atoms with E-state index in [-0.39, 0.29) is 5.97 Å². The van der Waals surface area contributed by atoms with Crippen molar-refractivity contribution in [1.29, 1.82) is 0 Å². The number of ether oxygens (including phenoxy) is 1. The van der Waals surface area contributed by atoms with E-state index in [1.807, 2.05) is 6.92 Å². The molecule has 0 N–H and O–H groups in total. The Morgan fingerprint density at radius 3 is 2.33 bits per heavy atom. The van der Waals surface area contributed by atoms with Crippen LogP contribution < -0.4 is 0 Å². The Hall–Kier alpha value is -1.57. The number of esters is 1. The summed E-state index contributed by atoms with van der Waals surface area (Å²) >= 11 is 0. The first-order valence-electron chi connectivity index (χ1n) is 6.45. The Labute approximate surface area is 110 Å². The quantitative estimate of drug-likeness (QED) is 0.576. The predicted octanol–water partition coefficient (Wildman–Crippen LogP) is 4.13. The van der Waals surface area contributed by atoms with E-state index in [1.54, 1.807) is 0 Å². The van der Waals surface area contributed by atoms with Crippen molar-refractivity contribution >= 4 is 11.5 Å². The smallest absolute Gasteiger partial charge is 0.334 e. The Bertz CT molecular complexity index is 427. The van der Waals surface area contributed by atoms with E-state index >= 15 is 0 Å². The topological polar surface area (TPSA) is 26.3 Å². The van der Waals surface area contributed by atoms with E-state index in [0.29, 0.717) is 0 Å². The predicted molar refractivity (Wildman–Crippen MR) is 75.3 cm³/mol. The number of allylic oxidation sites excluding steroid dienone is 1. The number of unbranched alkanes of at least 4 members (excludes halogenated alkanes) is 1. The molecule has 0 saturated carbocycles. The highest BCUT2D eigenvalue weighted by Crippen LogP contribution is 2.23. The molecule has 0 radical (unpaired) electrons. The molecule has 0 heterocycles. The minimum absolute atomic E-state index is 0.207. The third kappa shape index (κ3) is 3.73. The lowest BCUT2D eigenvalue weighted by atomic mass is 9.97. The molecule has 1 rings (SSSR count). The molecule has 0 aromatic heterocycles. The zero-order valence-electron chi connectivity index (χ0n) is 11.7. The molecule has 0 amide bonds. The van der Waals surface area contributed by atoms with Gasteiger partial charge in [-0.15, -0.1) is 0 Å². The normalized spacial score (nSPS) is 12.0. The Kier molecular flexibility index (Phi) is 5.63. The lowest BCUT2D eigenvalue weighted by Crippen LogP contribution is -2.07. The van der Waals surface area contributed by atoms with Gasteiger partial charge < -0.3 is 4.74 Å². The summed E-state index contributed by atoms with van der Waals surface area (Å²) in [5.74, 6) is -0.207. The molecule has 1 aromatic rings. The van der Waals surface area contributed by atoms with Crippen LogP contribution in [-0.2, 0) is 9.53 Å². The highest BCUT2D eigenvalue weighted by Gasteiger charge is 2.13. The number of rotatable bonds is 5. The van der Waals surface area contributed by atoms with Crippen molar-refractivity contribution in [3.8, 4) is 0 Å². The van der Waals surface area contributed by atoms with Crippen LogP contribution in [0.3, 0.4) is 0 Å². The molecule has 0 atom stereocenters. The summed E-state index contributed by atoms with van der Waals surface area (Å²) in [5, 5.41) is 0. The monoisotopic (exact) mass is 246 g/mol. The number of benzene rings is 1. The summed E-state index contributed by atoms with van der Waals surface area (Å²) in [6.07, 6.45) is 2.86. The van der Waals surface area contributed by atoms with Gasteiger partial charge in [-0.05, 0) is 37.8 Å². The molecular weight excluding hydrogens is 224 g/mol. The summed E-state index contributed by atoms with van der Waals surface area (Å²) in [5.41, 5.74) is 4.13. The van der Waals surface area contributed by atoms with E-state index < -0.39 is 0 Å². The van der Waals surface area contributed by atoms with Crippen molar-refractivity contribution in [2.24, 2.45) is 0 Å². The van der Waals surface area contributed by atoms with Crippen LogP contribution in [0.2, 0.25) is 0 Å². The average molecular weight is 246 g/mol. The second-order valence-electron chi connectivity index (χ2n) is 4.56. The summed E-state index contributed by atoms with van der Waals surface area (Å²) in [7, 11) is 1.44. The van der Waals surface area contributed by atoms with Crippen molar-refractivity contribution in [3.63, 3.8) is 0 Å². The number of carbonyl (C=O) groups is 1. The molecule has 18 heavy (non-hydrogen) atoms. The second kappa shape index (κ2) is 7.00. The maximum absolute atomic E-state index is 11.8. The van der Waals surface area contributed by atoms with Crippen molar-refractivity contribution < 1.29 is 9.53 Å². The molecule has 2 nitrogen and oxygen atoms in total. The van der Waals surface area contributed by atoms with E-state index in [0.717, 1.165) is 36.0 Å². The maximum Gasteiger partial charge on any atom is 0.334 e. The number of aryl methyl sites for hydroxylation is 1. The largest absolute Gasteiger partial charge is 0.466 e. The van der Waals surface area contributed by atoms with Crippen LogP contribution in [0.5, 0.6) is 0 Å². The first kappa shape index (κ1) is 14.5. The van der Waals surface area contributed by atoms with Gasteiger partial charge in [-0.1, -0.05) is 43.2 Å². The molecule has 0 bridgehead atoms. The van der Waals surface area contributed by atoms with Crippen LogP contribution in [-0.4, -0.2) is 13.1 Å². The van der Waals surface area contributed by atoms with Crippen LogP contribution in [0, 0.1) is 6.92 Å². The molecule has 0 spiro atoms. The van der Waals surface area contributed by atoms with Crippen LogP contribution >= 0.6 is 0 Å². The molecule has 0 fully saturated rings. The summed E-state index contributed by atoms with van der Waals surface area (Å²) in [6.45, 7) is 6.17. The number of hydrogen-bond donors (Lipinski definition) is 0. The molecule has 0 aliphatic rings. The van der Waals surface area contributed by atoms with Crippen molar-refractivity contribution in [2.75, 3.05) is 7.11 Å². The molecule has 0 aliphatic carbocycles. The SMILES string of the molecule is CCCC/C(C(=O)OC)=C(\C)c1ccc(C)cc1. The van der Waals surface area contributed by atoms with Gasteiger partial charge in [0.2, 0.25) is 0 Å². The minimum atomic E-state index is -0.207. The Morgan fingerprint density at radius 1 is 1.22 bits per heavy atom. The fraction of sp³-hybridized carbons (Fsp3) is 0.438. The van der Waals surface area contributed by atoms with Gasteiger partial charge in [0.15, 0.2) is 0 Å². The molecule has 98 valence electrons. The van der Waals surface area contributed by atoms with Crippen LogP contribution in [0.25, 0.3) is 5.57 Å². The lowest BCUT2D eigenvalue weighted by molar-refractivity contribution is -0.136. The first-order valence-corrected chi connectivity index (χ1v) is 6.45. The van der Waals surface area contributed by atoms with Gasteiger partial charge in [-0.25, -0.2) is 4.79 Å². The first-order chi connectivity index (χ1) is 8.60. The maximum atomic E-state index is 11.8. The fourth-order valence-electron chi connectivity index (χ4n) is 1.90. The summed E-state index contributed by atoms with van der Waals surface area (Å²) in [4.78, 5) is 11.8. The van der Waals surface area contributed by atoms with Crippen molar-refractivity contribution in [1.82, 2.24) is 0 Å². The van der Waals surface area contributed by atoms with Crippen LogP contribution in [0.15, 0.2) is 29.8 Å². The van der Waals surface area contributed by atoms with Gasteiger partial charge in [-0.3, -0.25) is 0 Å². The molecule has 2 heteroatoms. The van der Waals surface area contributed by atoms with Crippen molar-refractivity contribution in [2.45, 2.75) is 40.0 Å². The minimum Gasteiger partial charge on any atom is -0.466 e. The Balaban J connectivity index is 3.08. The lowest BCUT2D eigenvalue weighted by Gasteiger charge is -2.10. The van der Waals surface area contributed by atoms with Gasteiger partial charge in [0, 0.05) is 5.57 Å². The Morgan fingerprint density at radius 2 is 1.83 bits per heavy atom. The second-order valence-corrected chi connectivity index (χ2v) is 4.56. The number of methoxy groups -OCH3 is 1. The number of hydrogen-bond acceptors (Lipinski definition) is 2.